The van der Waals surface area contributed by atoms with Crippen molar-refractivity contribution < 1.29 is 9.26 Å². The lowest BCUT2D eigenvalue weighted by Crippen LogP contribution is -2.37. The van der Waals surface area contributed by atoms with Crippen LogP contribution in [0.15, 0.2) is 34.4 Å². The van der Waals surface area contributed by atoms with Gasteiger partial charge in [0.2, 0.25) is 11.7 Å². The molecule has 1 saturated heterocycles. The largest absolute Gasteiger partial charge is 0.368 e. The molecule has 3 aromatic rings. The summed E-state index contributed by atoms with van der Waals surface area (Å²) in [4.78, 5) is 15.3. The molecule has 0 aliphatic carbocycles. The van der Waals surface area contributed by atoms with Crippen LogP contribution in [0.1, 0.15) is 22.7 Å². The highest BCUT2D eigenvalue weighted by molar-refractivity contribution is 7.09. The molecular weight excluding hydrogens is 326 g/mol. The number of aromatic nitrogens is 4. The van der Waals surface area contributed by atoms with Gasteiger partial charge < -0.3 is 9.26 Å². The van der Waals surface area contributed by atoms with Crippen LogP contribution in [0.3, 0.4) is 0 Å². The van der Waals surface area contributed by atoms with Crippen LogP contribution in [0.2, 0.25) is 0 Å². The van der Waals surface area contributed by atoms with Crippen molar-refractivity contribution >= 4 is 11.3 Å². The van der Waals surface area contributed by atoms with Crippen molar-refractivity contribution in [2.45, 2.75) is 19.6 Å². The summed E-state index contributed by atoms with van der Waals surface area (Å²) in [6, 6.07) is 3.77. The van der Waals surface area contributed by atoms with Crippen LogP contribution in [0, 0.1) is 6.92 Å². The van der Waals surface area contributed by atoms with Gasteiger partial charge in [-0.2, -0.15) is 4.98 Å². The van der Waals surface area contributed by atoms with E-state index >= 15 is 0 Å². The van der Waals surface area contributed by atoms with Gasteiger partial charge in [0.25, 0.3) is 0 Å². The molecule has 7 nitrogen and oxygen atoms in total. The third-order valence-corrected chi connectivity index (χ3v) is 4.86. The van der Waals surface area contributed by atoms with E-state index in [2.05, 4.69) is 30.4 Å². The van der Waals surface area contributed by atoms with Gasteiger partial charge in [0.05, 0.1) is 13.2 Å². The zero-order valence-corrected chi connectivity index (χ0v) is 14.1. The number of morpholine rings is 1. The fourth-order valence-electron chi connectivity index (χ4n) is 2.64. The first-order chi connectivity index (χ1) is 11.8. The third-order valence-electron chi connectivity index (χ3n) is 3.81. The Bertz CT molecular complexity index is 804. The number of thiazole rings is 1. The van der Waals surface area contributed by atoms with Crippen LogP contribution < -0.4 is 0 Å². The van der Waals surface area contributed by atoms with Gasteiger partial charge in [0, 0.05) is 42.1 Å². The molecule has 0 bridgehead atoms. The van der Waals surface area contributed by atoms with Crippen LogP contribution in [-0.4, -0.2) is 44.7 Å². The Morgan fingerprint density at radius 2 is 2.33 bits per heavy atom. The molecule has 0 aromatic carbocycles. The lowest BCUT2D eigenvalue weighted by Gasteiger charge is -2.30. The third kappa shape index (κ3) is 3.35. The standard InChI is InChI=1S/C16H17N5O2S/c1-11-10-24-16(18-11)13-8-21(5-6-22-13)9-14-19-15(20-23-14)12-3-2-4-17-7-12/h2-4,7,10,13H,5-6,8-9H2,1H3. The number of aryl methyl sites for hydroxylation is 1. The highest BCUT2D eigenvalue weighted by Gasteiger charge is 2.25. The summed E-state index contributed by atoms with van der Waals surface area (Å²) in [5.41, 5.74) is 1.89. The summed E-state index contributed by atoms with van der Waals surface area (Å²) in [7, 11) is 0. The molecule has 4 rings (SSSR count). The summed E-state index contributed by atoms with van der Waals surface area (Å²) in [6.07, 6.45) is 3.46. The highest BCUT2D eigenvalue weighted by Crippen LogP contribution is 2.26. The molecule has 1 atom stereocenters. The second-order valence-electron chi connectivity index (χ2n) is 5.68. The van der Waals surface area contributed by atoms with Crippen LogP contribution >= 0.6 is 11.3 Å². The van der Waals surface area contributed by atoms with Crippen molar-refractivity contribution in [3.63, 3.8) is 0 Å². The van der Waals surface area contributed by atoms with Gasteiger partial charge >= 0.3 is 0 Å². The summed E-state index contributed by atoms with van der Waals surface area (Å²) < 4.78 is 11.2. The molecule has 0 N–H and O–H groups in total. The fraction of sp³-hybridized carbons (Fsp3) is 0.375. The summed E-state index contributed by atoms with van der Waals surface area (Å²) in [6.45, 7) is 4.90. The summed E-state index contributed by atoms with van der Waals surface area (Å²) in [5, 5.41) is 7.12. The monoisotopic (exact) mass is 343 g/mol. The minimum Gasteiger partial charge on any atom is -0.368 e. The molecule has 24 heavy (non-hydrogen) atoms. The van der Waals surface area contributed by atoms with Gasteiger partial charge in [-0.05, 0) is 19.1 Å². The van der Waals surface area contributed by atoms with Crippen LogP contribution in [0.4, 0.5) is 0 Å². The quantitative estimate of drug-likeness (QED) is 0.720. The molecule has 8 heteroatoms. The SMILES string of the molecule is Cc1csc(C2CN(Cc3nc(-c4cccnc4)no3)CCO2)n1. The smallest absolute Gasteiger partial charge is 0.241 e. The molecule has 1 fully saturated rings. The Balaban J connectivity index is 1.43. The van der Waals surface area contributed by atoms with Crippen molar-refractivity contribution in [1.82, 2.24) is 25.0 Å². The van der Waals surface area contributed by atoms with Gasteiger partial charge in [-0.3, -0.25) is 9.88 Å². The maximum absolute atomic E-state index is 5.85. The topological polar surface area (TPSA) is 77.2 Å². The Kier molecular flexibility index (Phi) is 4.33. The van der Waals surface area contributed by atoms with E-state index in [1.807, 2.05) is 19.1 Å². The molecule has 124 valence electrons. The van der Waals surface area contributed by atoms with Crippen LogP contribution in [0.5, 0.6) is 0 Å². The second-order valence-corrected chi connectivity index (χ2v) is 6.56. The number of hydrogen-bond donors (Lipinski definition) is 0. The first kappa shape index (κ1) is 15.4. The van der Waals surface area contributed by atoms with E-state index in [0.717, 1.165) is 29.4 Å². The minimum atomic E-state index is 0.0122. The van der Waals surface area contributed by atoms with Gasteiger partial charge in [-0.25, -0.2) is 4.98 Å². The maximum atomic E-state index is 5.85. The predicted octanol–water partition coefficient (Wildman–Crippen LogP) is 2.47. The van der Waals surface area contributed by atoms with Crippen molar-refractivity contribution in [2.75, 3.05) is 19.7 Å². The molecule has 4 heterocycles. The zero-order valence-electron chi connectivity index (χ0n) is 13.3. The molecule has 0 amide bonds. The average molecular weight is 343 g/mol. The van der Waals surface area contributed by atoms with Crippen molar-refractivity contribution in [1.29, 1.82) is 0 Å². The second kappa shape index (κ2) is 6.76. The molecule has 0 radical (unpaired) electrons. The van der Waals surface area contributed by atoms with E-state index in [1.54, 1.807) is 23.7 Å². The lowest BCUT2D eigenvalue weighted by atomic mass is 10.2. The highest BCUT2D eigenvalue weighted by atomic mass is 32.1. The van der Waals surface area contributed by atoms with E-state index in [9.17, 15) is 0 Å². The van der Waals surface area contributed by atoms with E-state index < -0.39 is 0 Å². The summed E-state index contributed by atoms with van der Waals surface area (Å²) >= 11 is 1.64. The molecule has 1 aliphatic heterocycles. The van der Waals surface area contributed by atoms with Gasteiger partial charge in [-0.1, -0.05) is 5.16 Å². The van der Waals surface area contributed by atoms with E-state index in [4.69, 9.17) is 9.26 Å². The molecule has 3 aromatic heterocycles. The molecular formula is C16H17N5O2S. The van der Waals surface area contributed by atoms with E-state index in [0.29, 0.717) is 24.9 Å². The Hall–Kier alpha value is -2.16. The Morgan fingerprint density at radius 1 is 1.38 bits per heavy atom. The number of pyridine rings is 1. The zero-order chi connectivity index (χ0) is 16.4. The lowest BCUT2D eigenvalue weighted by molar-refractivity contribution is -0.0357. The number of ether oxygens (including phenoxy) is 1. The van der Waals surface area contributed by atoms with Crippen molar-refractivity contribution in [2.24, 2.45) is 0 Å². The van der Waals surface area contributed by atoms with Crippen molar-refractivity contribution in [3.8, 4) is 11.4 Å². The number of hydrogen-bond acceptors (Lipinski definition) is 8. The van der Waals surface area contributed by atoms with E-state index in [-0.39, 0.29) is 6.10 Å². The first-order valence-electron chi connectivity index (χ1n) is 7.77. The Morgan fingerprint density at radius 3 is 3.12 bits per heavy atom. The molecule has 1 aliphatic rings. The Labute approximate surface area is 143 Å². The molecule has 1 unspecified atom stereocenters. The van der Waals surface area contributed by atoms with Gasteiger partial charge in [0.15, 0.2) is 0 Å². The van der Waals surface area contributed by atoms with E-state index in [1.165, 1.54) is 0 Å². The van der Waals surface area contributed by atoms with Gasteiger partial charge in [-0.15, -0.1) is 11.3 Å². The number of nitrogens with zero attached hydrogens (tertiary/aromatic N) is 5. The summed E-state index contributed by atoms with van der Waals surface area (Å²) in [5.74, 6) is 1.17. The van der Waals surface area contributed by atoms with Crippen molar-refractivity contribution in [3.05, 3.63) is 46.5 Å². The molecule has 0 spiro atoms. The van der Waals surface area contributed by atoms with Crippen LogP contribution in [0.25, 0.3) is 11.4 Å². The maximum Gasteiger partial charge on any atom is 0.241 e. The average Bonchev–Trinajstić information content (AvgIpc) is 3.25. The normalized spacial score (nSPS) is 18.8. The molecule has 0 saturated carbocycles. The first-order valence-corrected chi connectivity index (χ1v) is 8.65. The van der Waals surface area contributed by atoms with Gasteiger partial charge in [0.1, 0.15) is 11.1 Å². The van der Waals surface area contributed by atoms with Crippen LogP contribution in [-0.2, 0) is 11.3 Å². The number of rotatable bonds is 4. The predicted molar refractivity (Wildman–Crippen MR) is 88.4 cm³/mol. The fourth-order valence-corrected chi connectivity index (χ4v) is 3.47. The minimum absolute atomic E-state index is 0.0122.